The molecule has 0 unspecified atom stereocenters. The molecule has 0 atom stereocenters. The average molecular weight is 342 g/mol. The number of carbonyl (C=O) groups is 1. The number of imidazole rings is 1. The predicted octanol–water partition coefficient (Wildman–Crippen LogP) is 3.98. The van der Waals surface area contributed by atoms with E-state index in [1.807, 2.05) is 32.0 Å². The second-order valence-corrected chi connectivity index (χ2v) is 6.41. The highest BCUT2D eigenvalue weighted by Crippen LogP contribution is 2.30. The van der Waals surface area contributed by atoms with Crippen LogP contribution in [0.2, 0.25) is 0 Å². The molecule has 1 aliphatic rings. The van der Waals surface area contributed by atoms with E-state index in [-0.39, 0.29) is 17.5 Å². The largest absolute Gasteiger partial charge is 0.326 e. The normalized spacial score (nSPS) is 13.8. The van der Waals surface area contributed by atoms with Gasteiger partial charge in [0.2, 0.25) is 5.91 Å². The highest BCUT2D eigenvalue weighted by Gasteiger charge is 2.22. The molecular formula is C18H16F2N4O. The third-order valence-corrected chi connectivity index (χ3v) is 4.26. The Kier molecular flexibility index (Phi) is 3.52. The lowest BCUT2D eigenvalue weighted by Crippen LogP contribution is -2.05. The van der Waals surface area contributed by atoms with Crippen LogP contribution in [0, 0.1) is 0 Å². The number of fused-ring (bicyclic) bond motifs is 2. The average Bonchev–Trinajstić information content (AvgIpc) is 3.12. The molecule has 0 spiro atoms. The second kappa shape index (κ2) is 5.61. The van der Waals surface area contributed by atoms with Crippen molar-refractivity contribution in [3.63, 3.8) is 0 Å². The number of halogens is 2. The van der Waals surface area contributed by atoms with Crippen molar-refractivity contribution in [2.45, 2.75) is 32.6 Å². The van der Waals surface area contributed by atoms with Crippen LogP contribution in [-0.2, 0) is 11.2 Å². The van der Waals surface area contributed by atoms with E-state index in [1.165, 1.54) is 6.07 Å². The topological polar surface area (TPSA) is 59.8 Å². The monoisotopic (exact) mass is 342 g/mol. The molecule has 0 saturated heterocycles. The molecule has 0 radical (unpaired) electrons. The summed E-state index contributed by atoms with van der Waals surface area (Å²) < 4.78 is 28.0. The number of rotatable bonds is 3. The lowest BCUT2D eigenvalue weighted by molar-refractivity contribution is -0.115. The van der Waals surface area contributed by atoms with Crippen LogP contribution in [0.3, 0.4) is 0 Å². The fraction of sp³-hybridized carbons (Fsp3) is 0.278. The van der Waals surface area contributed by atoms with E-state index in [1.54, 1.807) is 10.6 Å². The predicted molar refractivity (Wildman–Crippen MR) is 90.2 cm³/mol. The zero-order chi connectivity index (χ0) is 17.7. The van der Waals surface area contributed by atoms with E-state index >= 15 is 0 Å². The van der Waals surface area contributed by atoms with Gasteiger partial charge in [0, 0.05) is 17.3 Å². The van der Waals surface area contributed by atoms with E-state index in [2.05, 4.69) is 15.3 Å². The zero-order valence-corrected chi connectivity index (χ0v) is 13.8. The highest BCUT2D eigenvalue weighted by molar-refractivity contribution is 5.99. The Morgan fingerprint density at radius 2 is 1.96 bits per heavy atom. The molecule has 0 bridgehead atoms. The Labute approximate surface area is 142 Å². The molecule has 0 saturated carbocycles. The third-order valence-electron chi connectivity index (χ3n) is 4.26. The maximum atomic E-state index is 13.1. The molecule has 3 heterocycles. The van der Waals surface area contributed by atoms with Gasteiger partial charge in [-0.25, -0.2) is 18.7 Å². The Morgan fingerprint density at radius 3 is 2.68 bits per heavy atom. The summed E-state index contributed by atoms with van der Waals surface area (Å²) in [7, 11) is 0. The van der Waals surface area contributed by atoms with E-state index in [9.17, 15) is 13.6 Å². The molecular weight excluding hydrogens is 326 g/mol. The van der Waals surface area contributed by atoms with Gasteiger partial charge in [-0.05, 0) is 35.9 Å². The van der Waals surface area contributed by atoms with E-state index in [4.69, 9.17) is 0 Å². The van der Waals surface area contributed by atoms with Gasteiger partial charge in [0.1, 0.15) is 17.0 Å². The number of hydrogen-bond donors (Lipinski definition) is 1. The summed E-state index contributed by atoms with van der Waals surface area (Å²) in [5.74, 6) is 0.771. The summed E-state index contributed by atoms with van der Waals surface area (Å²) in [5.41, 5.74) is 3.12. The minimum absolute atomic E-state index is 0.0511. The van der Waals surface area contributed by atoms with Crippen LogP contribution in [0.15, 0.2) is 30.3 Å². The second-order valence-electron chi connectivity index (χ2n) is 6.41. The van der Waals surface area contributed by atoms with Gasteiger partial charge in [-0.15, -0.1) is 0 Å². The summed E-state index contributed by atoms with van der Waals surface area (Å²) in [6, 6.07) is 8.43. The zero-order valence-electron chi connectivity index (χ0n) is 13.8. The van der Waals surface area contributed by atoms with E-state index < -0.39 is 6.43 Å². The van der Waals surface area contributed by atoms with Crippen molar-refractivity contribution in [3.8, 4) is 5.69 Å². The number of nitrogens with zero attached hydrogens (tertiary/aromatic N) is 3. The number of nitrogens with one attached hydrogen (secondary N) is 1. The summed E-state index contributed by atoms with van der Waals surface area (Å²) in [5, 5.41) is 2.79. The van der Waals surface area contributed by atoms with Gasteiger partial charge in [-0.2, -0.15) is 0 Å². The van der Waals surface area contributed by atoms with Crippen molar-refractivity contribution in [1.29, 1.82) is 0 Å². The summed E-state index contributed by atoms with van der Waals surface area (Å²) in [6.45, 7) is 3.98. The van der Waals surface area contributed by atoms with Gasteiger partial charge in [0.05, 0.1) is 6.42 Å². The molecule has 4 rings (SSSR count). The molecule has 1 aliphatic heterocycles. The number of aromatic nitrogens is 3. The van der Waals surface area contributed by atoms with Crippen molar-refractivity contribution >= 4 is 22.8 Å². The molecule has 1 aromatic carbocycles. The van der Waals surface area contributed by atoms with E-state index in [0.29, 0.717) is 17.6 Å². The third kappa shape index (κ3) is 2.56. The molecule has 0 fully saturated rings. The molecule has 5 nitrogen and oxygen atoms in total. The minimum atomic E-state index is -2.64. The number of anilines is 1. The van der Waals surface area contributed by atoms with E-state index in [0.717, 1.165) is 22.8 Å². The van der Waals surface area contributed by atoms with Gasteiger partial charge in [0.15, 0.2) is 5.65 Å². The Hall–Kier alpha value is -2.83. The first-order chi connectivity index (χ1) is 11.9. The van der Waals surface area contributed by atoms with Crippen LogP contribution in [0.1, 0.15) is 43.3 Å². The van der Waals surface area contributed by atoms with Crippen molar-refractivity contribution in [1.82, 2.24) is 14.5 Å². The van der Waals surface area contributed by atoms with Crippen molar-refractivity contribution in [2.75, 3.05) is 5.32 Å². The van der Waals surface area contributed by atoms with Crippen LogP contribution in [-0.4, -0.2) is 20.4 Å². The number of alkyl halides is 2. The lowest BCUT2D eigenvalue weighted by Gasteiger charge is -2.12. The lowest BCUT2D eigenvalue weighted by atomic mass is 10.1. The van der Waals surface area contributed by atoms with Crippen molar-refractivity contribution < 1.29 is 13.6 Å². The standard InChI is InChI=1S/C18H16F2N4O/c1-9(2)17-23-14-6-5-13(16(19)20)22-18(14)24(17)11-3-4-12-10(7-11)8-15(25)21-12/h3-7,9,16H,8H2,1-2H3,(H,21,25). The van der Waals surface area contributed by atoms with Crippen molar-refractivity contribution in [3.05, 3.63) is 47.4 Å². The molecule has 3 aromatic rings. The maximum Gasteiger partial charge on any atom is 0.280 e. The van der Waals surface area contributed by atoms with Crippen molar-refractivity contribution in [2.24, 2.45) is 0 Å². The first-order valence-corrected chi connectivity index (χ1v) is 8.04. The van der Waals surface area contributed by atoms with Gasteiger partial charge in [0.25, 0.3) is 6.43 Å². The van der Waals surface area contributed by atoms with Crippen LogP contribution >= 0.6 is 0 Å². The summed E-state index contributed by atoms with van der Waals surface area (Å²) in [6.07, 6.45) is -2.33. The fourth-order valence-electron chi connectivity index (χ4n) is 3.11. The van der Waals surface area contributed by atoms with Gasteiger partial charge in [-0.3, -0.25) is 9.36 Å². The highest BCUT2D eigenvalue weighted by atomic mass is 19.3. The molecule has 7 heteroatoms. The molecule has 0 aliphatic carbocycles. The quantitative estimate of drug-likeness (QED) is 0.783. The Morgan fingerprint density at radius 1 is 1.16 bits per heavy atom. The maximum absolute atomic E-state index is 13.1. The number of amides is 1. The first kappa shape index (κ1) is 15.7. The minimum Gasteiger partial charge on any atom is -0.326 e. The SMILES string of the molecule is CC(C)c1nc2ccc(C(F)F)nc2n1-c1ccc2c(c1)CC(=O)N2. The summed E-state index contributed by atoms with van der Waals surface area (Å²) in [4.78, 5) is 20.3. The molecule has 1 N–H and O–H groups in total. The number of pyridine rings is 1. The number of benzene rings is 1. The van der Waals surface area contributed by atoms with Crippen LogP contribution in [0.25, 0.3) is 16.9 Å². The van der Waals surface area contributed by atoms with Crippen LogP contribution in [0.4, 0.5) is 14.5 Å². The molecule has 1 amide bonds. The smallest absolute Gasteiger partial charge is 0.280 e. The number of hydrogen-bond acceptors (Lipinski definition) is 3. The summed E-state index contributed by atoms with van der Waals surface area (Å²) >= 11 is 0. The van der Waals surface area contributed by atoms with Gasteiger partial charge in [-0.1, -0.05) is 13.8 Å². The van der Waals surface area contributed by atoms with Crippen LogP contribution < -0.4 is 5.32 Å². The van der Waals surface area contributed by atoms with Crippen LogP contribution in [0.5, 0.6) is 0 Å². The molecule has 128 valence electrons. The Balaban J connectivity index is 1.96. The first-order valence-electron chi connectivity index (χ1n) is 8.04. The molecule has 25 heavy (non-hydrogen) atoms. The fourth-order valence-corrected chi connectivity index (χ4v) is 3.11. The van der Waals surface area contributed by atoms with Gasteiger partial charge < -0.3 is 5.32 Å². The molecule has 2 aromatic heterocycles. The van der Waals surface area contributed by atoms with Gasteiger partial charge >= 0.3 is 0 Å². The number of carbonyl (C=O) groups excluding carboxylic acids is 1. The Bertz CT molecular complexity index is 994.